The summed E-state index contributed by atoms with van der Waals surface area (Å²) in [5.74, 6) is 0.174. The molecular weight excluding hydrogens is 346 g/mol. The highest BCUT2D eigenvalue weighted by Crippen LogP contribution is 2.38. The monoisotopic (exact) mass is 373 g/mol. The first kappa shape index (κ1) is 19.2. The number of carbonyl (C=O) groups excluding carboxylic acids is 1. The van der Waals surface area contributed by atoms with E-state index in [4.69, 9.17) is 10.00 Å². The molecule has 3 fully saturated rings. The molecule has 2 saturated heterocycles. The molecule has 140 valence electrons. The van der Waals surface area contributed by atoms with Crippen molar-refractivity contribution in [3.63, 3.8) is 0 Å². The van der Waals surface area contributed by atoms with Crippen molar-refractivity contribution in [1.82, 2.24) is 9.80 Å². The summed E-state index contributed by atoms with van der Waals surface area (Å²) in [6.45, 7) is 5.55. The molecule has 1 saturated carbocycles. The molecule has 0 unspecified atom stereocenters. The average Bonchev–Trinajstić information content (AvgIpc) is 3.46. The van der Waals surface area contributed by atoms with E-state index >= 15 is 0 Å². The van der Waals surface area contributed by atoms with Crippen molar-refractivity contribution < 1.29 is 9.53 Å². The summed E-state index contributed by atoms with van der Waals surface area (Å²) in [4.78, 5) is 16.9. The third-order valence-electron chi connectivity index (χ3n) is 5.76. The molecule has 1 aromatic rings. The highest BCUT2D eigenvalue weighted by atomic mass is 32.1. The quantitative estimate of drug-likeness (QED) is 0.816. The van der Waals surface area contributed by atoms with Gasteiger partial charge in [0.05, 0.1) is 23.8 Å². The number of carbonyl (C=O) groups is 1. The molecule has 0 aromatic heterocycles. The minimum Gasteiger partial charge on any atom is -0.360 e. The fourth-order valence-corrected chi connectivity index (χ4v) is 4.12. The van der Waals surface area contributed by atoms with Crippen LogP contribution in [0.15, 0.2) is 24.3 Å². The molecule has 4 rings (SSSR count). The van der Waals surface area contributed by atoms with Crippen LogP contribution in [0, 0.1) is 11.3 Å². The molecule has 1 aliphatic carbocycles. The fraction of sp³-hybridized carbons (Fsp3) is 0.600. The Balaban J connectivity index is 0.00000196. The van der Waals surface area contributed by atoms with E-state index in [1.807, 2.05) is 31.2 Å². The lowest BCUT2D eigenvalue weighted by molar-refractivity contribution is -0.191. The van der Waals surface area contributed by atoms with Gasteiger partial charge >= 0.3 is 0 Å². The number of rotatable bonds is 3. The zero-order valence-corrected chi connectivity index (χ0v) is 16.3. The molecule has 5 nitrogen and oxygen atoms in total. The van der Waals surface area contributed by atoms with Gasteiger partial charge in [0.15, 0.2) is 0 Å². The van der Waals surface area contributed by atoms with E-state index in [0.717, 1.165) is 51.9 Å². The van der Waals surface area contributed by atoms with Crippen molar-refractivity contribution in [2.45, 2.75) is 56.9 Å². The van der Waals surface area contributed by atoms with Gasteiger partial charge in [-0.3, -0.25) is 9.69 Å². The number of nitriles is 1. The first-order valence-corrected chi connectivity index (χ1v) is 9.28. The average molecular weight is 374 g/mol. The van der Waals surface area contributed by atoms with Crippen LogP contribution >= 0.6 is 13.5 Å². The van der Waals surface area contributed by atoms with E-state index in [1.165, 1.54) is 5.56 Å². The van der Waals surface area contributed by atoms with Gasteiger partial charge in [-0.2, -0.15) is 18.8 Å². The lowest BCUT2D eigenvalue weighted by Gasteiger charge is -2.49. The maximum Gasteiger partial charge on any atom is 0.251 e. The Labute approximate surface area is 162 Å². The highest BCUT2D eigenvalue weighted by Gasteiger charge is 2.48. The number of nitrogens with zero attached hydrogens (tertiary/aromatic N) is 3. The number of piperidine rings is 1. The van der Waals surface area contributed by atoms with Gasteiger partial charge in [-0.05, 0) is 50.3 Å². The van der Waals surface area contributed by atoms with Crippen molar-refractivity contribution in [2.24, 2.45) is 0 Å². The molecule has 1 amide bonds. The topological polar surface area (TPSA) is 56.6 Å². The van der Waals surface area contributed by atoms with Crippen LogP contribution in [0.5, 0.6) is 0 Å². The molecular formula is C20H27N3O2S. The van der Waals surface area contributed by atoms with Gasteiger partial charge < -0.3 is 9.64 Å². The van der Waals surface area contributed by atoms with Crippen LogP contribution < -0.4 is 0 Å². The predicted octanol–water partition coefficient (Wildman–Crippen LogP) is 2.42. The third-order valence-corrected chi connectivity index (χ3v) is 5.76. The first-order chi connectivity index (χ1) is 12.1. The van der Waals surface area contributed by atoms with Gasteiger partial charge in [0, 0.05) is 25.7 Å². The molecule has 1 spiro atoms. The van der Waals surface area contributed by atoms with E-state index in [9.17, 15) is 4.79 Å². The predicted molar refractivity (Wildman–Crippen MR) is 104 cm³/mol. The van der Waals surface area contributed by atoms with Gasteiger partial charge in [-0.15, -0.1) is 0 Å². The Kier molecular flexibility index (Phi) is 5.61. The van der Waals surface area contributed by atoms with E-state index in [2.05, 4.69) is 15.9 Å². The molecule has 3 aliphatic rings. The largest absolute Gasteiger partial charge is 0.360 e. The highest BCUT2D eigenvalue weighted by molar-refractivity contribution is 7.59. The van der Waals surface area contributed by atoms with Crippen molar-refractivity contribution in [2.75, 3.05) is 19.6 Å². The summed E-state index contributed by atoms with van der Waals surface area (Å²) in [6, 6.07) is 10.5. The standard InChI is InChI=1S/C20H25N3O2.H2S/c1-15-19(24)23(18-6-7-18)14-20(25-15)8-10-22(11-9-20)13-17-4-2-16(12-21)3-5-17;/h2-5,15,18H,6-11,13-14H2,1H3;1H2/t15-;/m0./s1. The van der Waals surface area contributed by atoms with Crippen molar-refractivity contribution in [3.8, 4) is 6.07 Å². The maximum absolute atomic E-state index is 12.4. The second-order valence-electron chi connectivity index (χ2n) is 7.73. The number of amides is 1. The van der Waals surface area contributed by atoms with Gasteiger partial charge in [0.25, 0.3) is 5.91 Å². The second-order valence-corrected chi connectivity index (χ2v) is 7.73. The van der Waals surface area contributed by atoms with Gasteiger partial charge in [0.1, 0.15) is 6.10 Å². The van der Waals surface area contributed by atoms with Gasteiger partial charge in [0.2, 0.25) is 0 Å². The molecule has 6 heteroatoms. The minimum absolute atomic E-state index is 0. The molecule has 2 heterocycles. The second kappa shape index (κ2) is 7.59. The first-order valence-electron chi connectivity index (χ1n) is 9.28. The Morgan fingerprint density at radius 2 is 1.88 bits per heavy atom. The third kappa shape index (κ3) is 3.90. The summed E-state index contributed by atoms with van der Waals surface area (Å²) in [6.07, 6.45) is 3.95. The van der Waals surface area contributed by atoms with Crippen LogP contribution in [-0.4, -0.2) is 53.1 Å². The van der Waals surface area contributed by atoms with E-state index in [0.29, 0.717) is 11.6 Å². The zero-order valence-electron chi connectivity index (χ0n) is 15.3. The summed E-state index contributed by atoms with van der Waals surface area (Å²) in [7, 11) is 0. The molecule has 0 radical (unpaired) electrons. The molecule has 1 atom stereocenters. The Morgan fingerprint density at radius 1 is 1.23 bits per heavy atom. The SMILES string of the molecule is C[C@@H]1OC2(CCN(Cc3ccc(C#N)cc3)CC2)CN(C2CC2)C1=O.S. The Morgan fingerprint density at radius 3 is 2.46 bits per heavy atom. The van der Waals surface area contributed by atoms with Crippen LogP contribution in [0.4, 0.5) is 0 Å². The fourth-order valence-electron chi connectivity index (χ4n) is 4.12. The number of morpholine rings is 1. The van der Waals surface area contributed by atoms with Gasteiger partial charge in [-0.1, -0.05) is 12.1 Å². The number of likely N-dealkylation sites (tertiary alicyclic amines) is 1. The van der Waals surface area contributed by atoms with Gasteiger partial charge in [-0.25, -0.2) is 0 Å². The van der Waals surface area contributed by atoms with Crippen LogP contribution in [0.2, 0.25) is 0 Å². The Bertz CT molecular complexity index is 688. The molecule has 26 heavy (non-hydrogen) atoms. The number of hydrogen-bond donors (Lipinski definition) is 0. The number of hydrogen-bond acceptors (Lipinski definition) is 4. The lowest BCUT2D eigenvalue weighted by Crippen LogP contribution is -2.61. The zero-order chi connectivity index (χ0) is 17.4. The minimum atomic E-state index is -0.306. The van der Waals surface area contributed by atoms with Crippen molar-refractivity contribution in [3.05, 3.63) is 35.4 Å². The van der Waals surface area contributed by atoms with Crippen LogP contribution in [0.25, 0.3) is 0 Å². The van der Waals surface area contributed by atoms with Crippen LogP contribution in [-0.2, 0) is 16.1 Å². The molecule has 2 aliphatic heterocycles. The van der Waals surface area contributed by atoms with E-state index < -0.39 is 0 Å². The molecule has 0 N–H and O–H groups in total. The van der Waals surface area contributed by atoms with E-state index in [1.54, 1.807) is 0 Å². The maximum atomic E-state index is 12.4. The summed E-state index contributed by atoms with van der Waals surface area (Å²) < 4.78 is 6.21. The van der Waals surface area contributed by atoms with E-state index in [-0.39, 0.29) is 31.1 Å². The van der Waals surface area contributed by atoms with Crippen LogP contribution in [0.3, 0.4) is 0 Å². The Hall–Kier alpha value is -1.55. The molecule has 1 aromatic carbocycles. The lowest BCUT2D eigenvalue weighted by atomic mass is 9.88. The summed E-state index contributed by atoms with van der Waals surface area (Å²) >= 11 is 0. The van der Waals surface area contributed by atoms with Crippen molar-refractivity contribution in [1.29, 1.82) is 5.26 Å². The number of ether oxygens (including phenoxy) is 1. The van der Waals surface area contributed by atoms with Crippen molar-refractivity contribution >= 4 is 19.4 Å². The number of benzene rings is 1. The van der Waals surface area contributed by atoms with Crippen LogP contribution in [0.1, 0.15) is 43.7 Å². The summed E-state index contributed by atoms with van der Waals surface area (Å²) in [5, 5.41) is 8.89. The summed E-state index contributed by atoms with van der Waals surface area (Å²) in [5.41, 5.74) is 1.79. The molecule has 0 bridgehead atoms. The smallest absolute Gasteiger partial charge is 0.251 e. The normalized spacial score (nSPS) is 25.6.